The molecule has 1 N–H and O–H groups in total. The Hall–Kier alpha value is -1.64. The molecule has 1 unspecified atom stereocenters. The van der Waals surface area contributed by atoms with Gasteiger partial charge in [0.15, 0.2) is 23.8 Å². The first-order valence-corrected chi connectivity index (χ1v) is 12.4. The van der Waals surface area contributed by atoms with E-state index in [0.717, 1.165) is 0 Å². The standard InChI is InChI=1S/C26H35FO7/c1-13(28)32-12-20(31)26-21(33-23(2,3)34-26)10-16-15-9-18(27)17-8-14(29)6-7-24(17,4)22(15)19(30)11-25(16,26)5/h8,15-16,18-19,21-22,30H,6-7,9-12H2,1-5H3/t15-,16-,18-,19-,21?,22+,24-,25-,26+/m0/s1. The van der Waals surface area contributed by atoms with Gasteiger partial charge < -0.3 is 19.3 Å². The third-order valence-corrected chi connectivity index (χ3v) is 9.69. The van der Waals surface area contributed by atoms with E-state index in [9.17, 15) is 19.5 Å². The number of hydrogen-bond acceptors (Lipinski definition) is 7. The van der Waals surface area contributed by atoms with Crippen LogP contribution in [0.5, 0.6) is 0 Å². The zero-order chi connectivity index (χ0) is 24.8. The Labute approximate surface area is 199 Å². The minimum absolute atomic E-state index is 0.0573. The summed E-state index contributed by atoms with van der Waals surface area (Å²) in [5.41, 5.74) is -2.32. The normalized spacial score (nSPS) is 48.8. The van der Waals surface area contributed by atoms with Gasteiger partial charge in [0.2, 0.25) is 5.78 Å². The first-order chi connectivity index (χ1) is 15.7. The molecular formula is C26H35FO7. The summed E-state index contributed by atoms with van der Waals surface area (Å²) in [6, 6.07) is 0. The third kappa shape index (κ3) is 3.07. The third-order valence-electron chi connectivity index (χ3n) is 9.69. The first-order valence-electron chi connectivity index (χ1n) is 12.4. The van der Waals surface area contributed by atoms with Crippen molar-refractivity contribution in [2.75, 3.05) is 6.61 Å². The van der Waals surface area contributed by atoms with E-state index >= 15 is 4.39 Å². The lowest BCUT2D eigenvalue weighted by atomic mass is 9.45. The molecule has 1 heterocycles. The molecule has 34 heavy (non-hydrogen) atoms. The summed E-state index contributed by atoms with van der Waals surface area (Å²) in [7, 11) is 0. The van der Waals surface area contributed by atoms with Crippen LogP contribution in [0.1, 0.15) is 66.7 Å². The maximum Gasteiger partial charge on any atom is 0.303 e. The highest BCUT2D eigenvalue weighted by Crippen LogP contribution is 2.70. The topological polar surface area (TPSA) is 99.1 Å². The molecule has 4 fully saturated rings. The molecule has 0 aromatic heterocycles. The Balaban J connectivity index is 1.57. The molecule has 1 saturated heterocycles. The molecule has 0 bridgehead atoms. The Bertz CT molecular complexity index is 974. The van der Waals surface area contributed by atoms with Gasteiger partial charge in [0.1, 0.15) is 6.17 Å². The number of allylic oxidation sites excluding steroid dienone is 1. The monoisotopic (exact) mass is 478 g/mol. The quantitative estimate of drug-likeness (QED) is 0.623. The van der Waals surface area contributed by atoms with Crippen molar-refractivity contribution in [3.8, 4) is 0 Å². The fourth-order valence-corrected chi connectivity index (χ4v) is 8.56. The summed E-state index contributed by atoms with van der Waals surface area (Å²) >= 11 is 0. The minimum Gasteiger partial charge on any atom is -0.458 e. The van der Waals surface area contributed by atoms with Gasteiger partial charge in [-0.05, 0) is 74.3 Å². The molecule has 0 aromatic carbocycles. The lowest BCUT2D eigenvalue weighted by Crippen LogP contribution is -2.65. The highest BCUT2D eigenvalue weighted by Gasteiger charge is 2.77. The lowest BCUT2D eigenvalue weighted by Gasteiger charge is -2.61. The number of aliphatic hydroxyl groups is 1. The molecule has 8 heteroatoms. The van der Waals surface area contributed by atoms with Crippen molar-refractivity contribution < 1.29 is 38.1 Å². The molecule has 0 spiro atoms. The van der Waals surface area contributed by atoms with Crippen LogP contribution in [0, 0.1) is 28.6 Å². The van der Waals surface area contributed by atoms with E-state index < -0.39 is 53.2 Å². The lowest BCUT2D eigenvalue weighted by molar-refractivity contribution is -0.229. The number of halogens is 1. The summed E-state index contributed by atoms with van der Waals surface area (Å²) in [5, 5.41) is 11.6. The summed E-state index contributed by atoms with van der Waals surface area (Å²) in [4.78, 5) is 37.2. The minimum atomic E-state index is -1.39. The number of rotatable bonds is 3. The summed E-state index contributed by atoms with van der Waals surface area (Å²) in [6.45, 7) is 8.24. The van der Waals surface area contributed by atoms with Crippen LogP contribution in [0.4, 0.5) is 4.39 Å². The van der Waals surface area contributed by atoms with Crippen molar-refractivity contribution >= 4 is 17.5 Å². The molecule has 5 rings (SSSR count). The molecule has 1 aliphatic heterocycles. The number of Topliss-reactive ketones (excluding diaryl/α,β-unsaturated/α-hetero) is 1. The van der Waals surface area contributed by atoms with E-state index in [4.69, 9.17) is 14.2 Å². The van der Waals surface area contributed by atoms with Crippen molar-refractivity contribution in [2.45, 2.75) is 96.5 Å². The van der Waals surface area contributed by atoms with Crippen LogP contribution in [0.2, 0.25) is 0 Å². The van der Waals surface area contributed by atoms with Crippen LogP contribution in [-0.4, -0.2) is 59.0 Å². The van der Waals surface area contributed by atoms with Crippen LogP contribution < -0.4 is 0 Å². The molecule has 0 aromatic rings. The van der Waals surface area contributed by atoms with Crippen LogP contribution >= 0.6 is 0 Å². The molecule has 7 nitrogen and oxygen atoms in total. The number of ether oxygens (including phenoxy) is 3. The largest absolute Gasteiger partial charge is 0.458 e. The van der Waals surface area contributed by atoms with E-state index in [-0.39, 0.29) is 42.2 Å². The number of aliphatic hydroxyl groups excluding tert-OH is 1. The summed E-state index contributed by atoms with van der Waals surface area (Å²) < 4.78 is 33.3. The Morgan fingerprint density at radius 3 is 2.62 bits per heavy atom. The molecule has 9 atom stereocenters. The zero-order valence-corrected chi connectivity index (χ0v) is 20.6. The second kappa shape index (κ2) is 7.43. The SMILES string of the molecule is CC(=O)OCC(=O)[C@@]12OC(C)(C)OC1C[C@H]1[C@@H]3C[C@H](F)C4=CC(=O)CC[C@]4(C)[C@H]3[C@@H](O)C[C@@]12C. The fourth-order valence-electron chi connectivity index (χ4n) is 8.56. The number of carbonyl (C=O) groups is 3. The predicted octanol–water partition coefficient (Wildman–Crippen LogP) is 3.07. The molecule has 0 radical (unpaired) electrons. The molecule has 5 aliphatic rings. The summed E-state index contributed by atoms with van der Waals surface area (Å²) in [6.07, 6.45) is 0.657. The Morgan fingerprint density at radius 1 is 1.24 bits per heavy atom. The average Bonchev–Trinajstić information content (AvgIpc) is 3.13. The van der Waals surface area contributed by atoms with E-state index in [1.165, 1.54) is 13.0 Å². The second-order valence-electron chi connectivity index (χ2n) is 12.0. The van der Waals surface area contributed by atoms with Gasteiger partial charge in [0, 0.05) is 18.8 Å². The maximum absolute atomic E-state index is 15.6. The summed E-state index contributed by atoms with van der Waals surface area (Å²) in [5.74, 6) is -2.56. The Morgan fingerprint density at radius 2 is 1.94 bits per heavy atom. The van der Waals surface area contributed by atoms with Gasteiger partial charge in [-0.1, -0.05) is 13.8 Å². The predicted molar refractivity (Wildman–Crippen MR) is 118 cm³/mol. The van der Waals surface area contributed by atoms with Crippen molar-refractivity contribution in [3.63, 3.8) is 0 Å². The molecule has 3 saturated carbocycles. The molecule has 4 aliphatic carbocycles. The van der Waals surface area contributed by atoms with Gasteiger partial charge >= 0.3 is 5.97 Å². The number of esters is 1. The van der Waals surface area contributed by atoms with Gasteiger partial charge in [0.05, 0.1) is 12.2 Å². The van der Waals surface area contributed by atoms with Crippen molar-refractivity contribution in [3.05, 3.63) is 11.6 Å². The van der Waals surface area contributed by atoms with E-state index in [0.29, 0.717) is 24.8 Å². The van der Waals surface area contributed by atoms with Crippen molar-refractivity contribution in [2.24, 2.45) is 28.6 Å². The second-order valence-corrected chi connectivity index (χ2v) is 12.0. The van der Waals surface area contributed by atoms with Crippen molar-refractivity contribution in [1.82, 2.24) is 0 Å². The van der Waals surface area contributed by atoms with E-state index in [2.05, 4.69) is 0 Å². The zero-order valence-electron chi connectivity index (χ0n) is 20.6. The van der Waals surface area contributed by atoms with Gasteiger partial charge in [-0.3, -0.25) is 14.4 Å². The molecular weight excluding hydrogens is 443 g/mol. The smallest absolute Gasteiger partial charge is 0.303 e. The highest BCUT2D eigenvalue weighted by molar-refractivity contribution is 5.93. The maximum atomic E-state index is 15.6. The average molecular weight is 479 g/mol. The number of ketones is 2. The van der Waals surface area contributed by atoms with Crippen molar-refractivity contribution in [1.29, 1.82) is 0 Å². The highest BCUT2D eigenvalue weighted by atomic mass is 19.1. The number of carbonyl (C=O) groups excluding carboxylic acids is 3. The van der Waals surface area contributed by atoms with Crippen LogP contribution in [-0.2, 0) is 28.6 Å². The van der Waals surface area contributed by atoms with E-state index in [1.54, 1.807) is 13.8 Å². The Kier molecular flexibility index (Phi) is 5.26. The van der Waals surface area contributed by atoms with Crippen LogP contribution in [0.25, 0.3) is 0 Å². The van der Waals surface area contributed by atoms with E-state index in [1.807, 2.05) is 13.8 Å². The van der Waals surface area contributed by atoms with Gasteiger partial charge in [-0.25, -0.2) is 4.39 Å². The molecule has 0 amide bonds. The fraction of sp³-hybridized carbons (Fsp3) is 0.808. The number of fused-ring (bicyclic) bond motifs is 7. The van der Waals surface area contributed by atoms with Gasteiger partial charge in [-0.2, -0.15) is 0 Å². The first kappa shape index (κ1) is 24.1. The van der Waals surface area contributed by atoms with Crippen LogP contribution in [0.3, 0.4) is 0 Å². The van der Waals surface area contributed by atoms with Gasteiger partial charge in [-0.15, -0.1) is 0 Å². The van der Waals surface area contributed by atoms with Crippen LogP contribution in [0.15, 0.2) is 11.6 Å². The number of alkyl halides is 1. The number of hydrogen-bond donors (Lipinski definition) is 1. The molecule has 188 valence electrons. The van der Waals surface area contributed by atoms with Gasteiger partial charge in [0.25, 0.3) is 0 Å².